The molecule has 2 heterocycles. The zero-order valence-electron chi connectivity index (χ0n) is 20.5. The van der Waals surface area contributed by atoms with Crippen molar-refractivity contribution >= 4 is 40.1 Å². The Labute approximate surface area is 220 Å². The number of anilines is 2. The summed E-state index contributed by atoms with van der Waals surface area (Å²) < 4.78 is 5.58. The van der Waals surface area contributed by atoms with Gasteiger partial charge >= 0.3 is 0 Å². The number of carbonyl (C=O) groups is 2. The van der Waals surface area contributed by atoms with E-state index in [1.807, 2.05) is 91.9 Å². The van der Waals surface area contributed by atoms with Crippen molar-refractivity contribution in [2.45, 2.75) is 19.4 Å². The van der Waals surface area contributed by atoms with Gasteiger partial charge in [-0.3, -0.25) is 9.59 Å². The number of nitrogens with zero attached hydrogens (tertiary/aromatic N) is 2. The Morgan fingerprint density at radius 3 is 2.49 bits per heavy atom. The number of thioether (sulfide) groups is 1. The average Bonchev–Trinajstić information content (AvgIpc) is 2.92. The van der Waals surface area contributed by atoms with Gasteiger partial charge in [-0.2, -0.15) is 0 Å². The molecule has 3 aromatic carbocycles. The summed E-state index contributed by atoms with van der Waals surface area (Å²) in [5, 5.41) is 6.88. The predicted molar refractivity (Wildman–Crippen MR) is 149 cm³/mol. The maximum absolute atomic E-state index is 13.6. The van der Waals surface area contributed by atoms with Crippen molar-refractivity contribution in [1.29, 1.82) is 0 Å². The zero-order chi connectivity index (χ0) is 25.6. The number of para-hydroxylation sites is 2. The van der Waals surface area contributed by atoms with Crippen LogP contribution in [0.15, 0.2) is 101 Å². The highest BCUT2D eigenvalue weighted by atomic mass is 32.2. The van der Waals surface area contributed by atoms with E-state index in [4.69, 9.17) is 9.73 Å². The summed E-state index contributed by atoms with van der Waals surface area (Å²) in [5.74, 6) is 1.20. The molecule has 0 radical (unpaired) electrons. The Balaban J connectivity index is 1.40. The van der Waals surface area contributed by atoms with Gasteiger partial charge in [0.1, 0.15) is 5.75 Å². The van der Waals surface area contributed by atoms with Crippen molar-refractivity contribution in [3.8, 4) is 5.75 Å². The number of fused-ring (bicyclic) bond motifs is 1. The van der Waals surface area contributed by atoms with Gasteiger partial charge in [-0.1, -0.05) is 60.3 Å². The summed E-state index contributed by atoms with van der Waals surface area (Å²) >= 11 is 1.71. The van der Waals surface area contributed by atoms with Crippen LogP contribution in [0, 0.1) is 0 Å². The second-order valence-corrected chi connectivity index (χ2v) is 9.85. The Bertz CT molecular complexity index is 1340. The van der Waals surface area contributed by atoms with Crippen LogP contribution in [-0.4, -0.2) is 40.8 Å². The lowest BCUT2D eigenvalue weighted by molar-refractivity contribution is -0.118. The molecule has 7 nitrogen and oxygen atoms in total. The van der Waals surface area contributed by atoms with E-state index in [-0.39, 0.29) is 24.5 Å². The second-order valence-electron chi connectivity index (χ2n) is 8.79. The molecule has 1 unspecified atom stereocenters. The molecule has 5 rings (SSSR count). The second kappa shape index (κ2) is 11.3. The summed E-state index contributed by atoms with van der Waals surface area (Å²) in [6.45, 7) is 2.59. The summed E-state index contributed by atoms with van der Waals surface area (Å²) in [6, 6.07) is 26.0. The number of aliphatic imine (C=N–C) groups is 1. The third-order valence-electron chi connectivity index (χ3n) is 6.13. The van der Waals surface area contributed by atoms with Crippen LogP contribution in [-0.2, 0) is 9.59 Å². The molecule has 37 heavy (non-hydrogen) atoms. The van der Waals surface area contributed by atoms with Gasteiger partial charge in [0.05, 0.1) is 17.3 Å². The van der Waals surface area contributed by atoms with Crippen LogP contribution in [0.1, 0.15) is 24.9 Å². The van der Waals surface area contributed by atoms with Crippen molar-refractivity contribution in [3.05, 3.63) is 102 Å². The number of ether oxygens (including phenoxy) is 1. The molecule has 0 aromatic heterocycles. The fraction of sp³-hybridized carbons (Fsp3) is 0.207. The fourth-order valence-electron chi connectivity index (χ4n) is 4.47. The van der Waals surface area contributed by atoms with Gasteiger partial charge in [0.2, 0.25) is 0 Å². The smallest absolute Gasteiger partial charge is 0.262 e. The van der Waals surface area contributed by atoms with Crippen LogP contribution in [0.5, 0.6) is 5.75 Å². The molecular formula is C29H28N4O3S. The number of amides is 2. The predicted octanol–water partition coefficient (Wildman–Crippen LogP) is 5.47. The molecule has 0 aliphatic carbocycles. The summed E-state index contributed by atoms with van der Waals surface area (Å²) in [6.07, 6.45) is 1.00. The third kappa shape index (κ3) is 5.86. The molecule has 2 aliphatic rings. The Kier molecular flexibility index (Phi) is 7.56. The first-order valence-corrected chi connectivity index (χ1v) is 13.2. The number of nitrogens with one attached hydrogen (secondary N) is 2. The van der Waals surface area contributed by atoms with Crippen LogP contribution in [0.25, 0.3) is 0 Å². The number of amidine groups is 1. The van der Waals surface area contributed by atoms with Crippen molar-refractivity contribution in [2.24, 2.45) is 4.99 Å². The van der Waals surface area contributed by atoms with E-state index < -0.39 is 0 Å². The number of carbonyl (C=O) groups excluding carboxylic acids is 2. The van der Waals surface area contributed by atoms with Gasteiger partial charge in [-0.15, -0.1) is 0 Å². The number of allylic oxidation sites excluding steroid dienone is 1. The van der Waals surface area contributed by atoms with Crippen molar-refractivity contribution in [1.82, 2.24) is 4.90 Å². The molecule has 2 amide bonds. The lowest BCUT2D eigenvalue weighted by atomic mass is 9.93. The normalized spacial score (nSPS) is 16.9. The molecule has 1 saturated heterocycles. The molecule has 188 valence electrons. The maximum atomic E-state index is 13.6. The molecule has 0 bridgehead atoms. The van der Waals surface area contributed by atoms with E-state index in [9.17, 15) is 9.59 Å². The summed E-state index contributed by atoms with van der Waals surface area (Å²) in [7, 11) is 0. The van der Waals surface area contributed by atoms with Gasteiger partial charge in [0.15, 0.2) is 11.8 Å². The lowest BCUT2D eigenvalue weighted by Gasteiger charge is -2.41. The van der Waals surface area contributed by atoms with E-state index >= 15 is 0 Å². The van der Waals surface area contributed by atoms with Gasteiger partial charge in [-0.05, 0) is 55.3 Å². The van der Waals surface area contributed by atoms with E-state index in [2.05, 4.69) is 15.5 Å². The summed E-state index contributed by atoms with van der Waals surface area (Å²) in [5.41, 5.74) is 3.59. The average molecular weight is 513 g/mol. The molecule has 2 N–H and O–H groups in total. The molecule has 1 atom stereocenters. The lowest BCUT2D eigenvalue weighted by Crippen LogP contribution is -2.43. The SMILES string of the molecule is CC1=C(C(=O)Nc2ccccc2)C(c2cccc(NC(=O)COc3ccccc3)c2)N2CCCSC2=N1. The quantitative estimate of drug-likeness (QED) is 0.439. The maximum Gasteiger partial charge on any atom is 0.262 e. The Morgan fingerprint density at radius 1 is 0.973 bits per heavy atom. The molecule has 0 spiro atoms. The first-order valence-electron chi connectivity index (χ1n) is 12.2. The largest absolute Gasteiger partial charge is 0.484 e. The molecular weight excluding hydrogens is 484 g/mol. The van der Waals surface area contributed by atoms with Gasteiger partial charge in [0, 0.05) is 23.7 Å². The van der Waals surface area contributed by atoms with Crippen LogP contribution in [0.3, 0.4) is 0 Å². The highest BCUT2D eigenvalue weighted by Gasteiger charge is 2.37. The molecule has 1 fully saturated rings. The number of rotatable bonds is 7. The standard InChI is InChI=1S/C29H28N4O3S/c1-20-26(28(35)32-22-11-4-2-5-12-22)27(33-16-9-17-37-29(33)30-20)21-10-8-13-23(18-21)31-25(34)19-36-24-14-6-3-7-15-24/h2-8,10-15,18,27H,9,16-17,19H2,1H3,(H,31,34)(H,32,35). The van der Waals surface area contributed by atoms with Gasteiger partial charge in [0.25, 0.3) is 11.8 Å². The van der Waals surface area contributed by atoms with Crippen LogP contribution >= 0.6 is 11.8 Å². The Morgan fingerprint density at radius 2 is 1.70 bits per heavy atom. The molecule has 2 aliphatic heterocycles. The number of hydrogen-bond acceptors (Lipinski definition) is 6. The monoisotopic (exact) mass is 512 g/mol. The van der Waals surface area contributed by atoms with Gasteiger partial charge < -0.3 is 20.3 Å². The van der Waals surface area contributed by atoms with E-state index in [0.717, 1.165) is 35.1 Å². The molecule has 8 heteroatoms. The fourth-order valence-corrected chi connectivity index (χ4v) is 5.49. The Hall–Kier alpha value is -4.04. The van der Waals surface area contributed by atoms with Crippen molar-refractivity contribution in [3.63, 3.8) is 0 Å². The van der Waals surface area contributed by atoms with E-state index in [1.54, 1.807) is 11.8 Å². The van der Waals surface area contributed by atoms with Crippen LogP contribution in [0.2, 0.25) is 0 Å². The minimum Gasteiger partial charge on any atom is -0.484 e. The number of hydrogen-bond donors (Lipinski definition) is 2. The molecule has 3 aromatic rings. The van der Waals surface area contributed by atoms with Gasteiger partial charge in [-0.25, -0.2) is 4.99 Å². The highest BCUT2D eigenvalue weighted by molar-refractivity contribution is 8.13. The number of benzene rings is 3. The minimum atomic E-state index is -0.318. The van der Waals surface area contributed by atoms with Crippen molar-refractivity contribution < 1.29 is 14.3 Å². The van der Waals surface area contributed by atoms with E-state index in [0.29, 0.717) is 22.7 Å². The van der Waals surface area contributed by atoms with E-state index in [1.165, 1.54) is 0 Å². The third-order valence-corrected chi connectivity index (χ3v) is 7.21. The molecule has 0 saturated carbocycles. The topological polar surface area (TPSA) is 83.0 Å². The summed E-state index contributed by atoms with van der Waals surface area (Å²) in [4.78, 5) is 33.1. The van der Waals surface area contributed by atoms with Crippen molar-refractivity contribution in [2.75, 3.05) is 29.5 Å². The minimum absolute atomic E-state index is 0.0962. The van der Waals surface area contributed by atoms with Crippen LogP contribution in [0.4, 0.5) is 11.4 Å². The zero-order valence-corrected chi connectivity index (χ0v) is 21.3. The van der Waals surface area contributed by atoms with Crippen LogP contribution < -0.4 is 15.4 Å². The highest BCUT2D eigenvalue weighted by Crippen LogP contribution is 2.40. The first kappa shape index (κ1) is 24.6. The first-order chi connectivity index (χ1) is 18.1.